The van der Waals surface area contributed by atoms with Gasteiger partial charge in [-0.1, -0.05) is 24.3 Å². The molecule has 3 nitrogen and oxygen atoms in total. The van der Waals surface area contributed by atoms with Gasteiger partial charge in [-0.25, -0.2) is 0 Å². The third-order valence-electron chi connectivity index (χ3n) is 4.66. The molecule has 104 valence electrons. The molecule has 2 aliphatic rings. The largest absolute Gasteiger partial charge is 0.458 e. The van der Waals surface area contributed by atoms with Crippen LogP contribution in [0.2, 0.25) is 0 Å². The molecule has 2 aliphatic carbocycles. The van der Waals surface area contributed by atoms with Crippen LogP contribution in [0, 0.1) is 24.2 Å². The third kappa shape index (κ3) is 2.31. The van der Waals surface area contributed by atoms with Crippen molar-refractivity contribution in [1.29, 1.82) is 5.26 Å². The van der Waals surface area contributed by atoms with E-state index in [1.54, 1.807) is 0 Å². The number of hydrogen-bond acceptors (Lipinski definition) is 3. The Labute approximate surface area is 119 Å². The maximum atomic E-state index is 12.3. The Hall–Kier alpha value is -1.82. The van der Waals surface area contributed by atoms with E-state index >= 15 is 0 Å². The number of esters is 1. The molecule has 0 aromatic heterocycles. The van der Waals surface area contributed by atoms with Crippen molar-refractivity contribution in [3.05, 3.63) is 35.4 Å². The van der Waals surface area contributed by atoms with Gasteiger partial charge < -0.3 is 4.74 Å². The van der Waals surface area contributed by atoms with Crippen molar-refractivity contribution in [2.75, 3.05) is 0 Å². The second kappa shape index (κ2) is 4.94. The van der Waals surface area contributed by atoms with Crippen molar-refractivity contribution in [2.24, 2.45) is 5.92 Å². The van der Waals surface area contributed by atoms with Gasteiger partial charge in [-0.2, -0.15) is 5.26 Å². The Morgan fingerprint density at radius 2 is 2.20 bits per heavy atom. The molecule has 1 aromatic carbocycles. The highest BCUT2D eigenvalue weighted by Gasteiger charge is 2.49. The molecule has 20 heavy (non-hydrogen) atoms. The number of hydrogen-bond donors (Lipinski definition) is 0. The van der Waals surface area contributed by atoms with Crippen molar-refractivity contribution in [3.8, 4) is 6.07 Å². The molecule has 3 rings (SSSR count). The Bertz CT molecular complexity index is 569. The van der Waals surface area contributed by atoms with E-state index in [0.717, 1.165) is 25.7 Å². The van der Waals surface area contributed by atoms with Crippen molar-refractivity contribution in [2.45, 2.75) is 50.5 Å². The zero-order chi connectivity index (χ0) is 14.2. The number of rotatable bonds is 4. The van der Waals surface area contributed by atoms with Gasteiger partial charge in [-0.15, -0.1) is 0 Å². The van der Waals surface area contributed by atoms with Crippen LogP contribution in [0.4, 0.5) is 0 Å². The summed E-state index contributed by atoms with van der Waals surface area (Å²) < 4.78 is 5.67. The fraction of sp³-hybridized carbons (Fsp3) is 0.529. The first-order valence-corrected chi connectivity index (χ1v) is 7.30. The molecular weight excluding hydrogens is 250 g/mol. The van der Waals surface area contributed by atoms with E-state index in [0.29, 0.717) is 12.3 Å². The van der Waals surface area contributed by atoms with Gasteiger partial charge in [-0.3, -0.25) is 4.79 Å². The number of aryl methyl sites for hydroxylation is 1. The molecule has 0 heterocycles. The molecule has 0 N–H and O–H groups in total. The maximum Gasteiger partial charge on any atom is 0.310 e. The number of carbonyl (C=O) groups is 1. The van der Waals surface area contributed by atoms with Crippen molar-refractivity contribution < 1.29 is 9.53 Å². The van der Waals surface area contributed by atoms with Gasteiger partial charge in [0, 0.05) is 0 Å². The molecule has 0 aliphatic heterocycles. The predicted octanol–water partition coefficient (Wildman–Crippen LogP) is 3.48. The molecule has 0 saturated heterocycles. The van der Waals surface area contributed by atoms with Crippen molar-refractivity contribution in [3.63, 3.8) is 0 Å². The molecule has 0 amide bonds. The minimum absolute atomic E-state index is 0.00716. The van der Waals surface area contributed by atoms with E-state index in [1.807, 2.05) is 12.1 Å². The highest BCUT2D eigenvalue weighted by atomic mass is 16.6. The number of carbonyl (C=O) groups excluding carboxylic acids is 1. The summed E-state index contributed by atoms with van der Waals surface area (Å²) in [5.74, 6) is 0.198. The lowest BCUT2D eigenvalue weighted by atomic mass is 9.78. The maximum absolute atomic E-state index is 12.3. The van der Waals surface area contributed by atoms with E-state index in [-0.39, 0.29) is 11.9 Å². The van der Waals surface area contributed by atoms with Crippen LogP contribution in [0.5, 0.6) is 0 Å². The van der Waals surface area contributed by atoms with Gasteiger partial charge in [0.05, 0.1) is 18.4 Å². The first-order chi connectivity index (χ1) is 9.65. The summed E-state index contributed by atoms with van der Waals surface area (Å²) in [7, 11) is 0. The molecule has 2 atom stereocenters. The molecule has 0 bridgehead atoms. The molecule has 2 fully saturated rings. The second-order valence-electron chi connectivity index (χ2n) is 6.10. The lowest BCUT2D eigenvalue weighted by Crippen LogP contribution is -2.42. The molecule has 0 radical (unpaired) electrons. The summed E-state index contributed by atoms with van der Waals surface area (Å²) in [6.07, 6.45) is 3.95. The standard InChI is InChI=1S/C17H19NO2/c1-12-5-2-3-6-13(12)14-11-15(14)16(19)20-17(9-10-18)7-4-8-17/h2-3,5-6,14-15H,4,7-9,11H2,1H3/t14-,15+/m0/s1. The van der Waals surface area contributed by atoms with Gasteiger partial charge in [0.15, 0.2) is 0 Å². The van der Waals surface area contributed by atoms with Crippen LogP contribution in [-0.2, 0) is 9.53 Å². The quantitative estimate of drug-likeness (QED) is 0.786. The topological polar surface area (TPSA) is 50.1 Å². The Balaban J connectivity index is 1.64. The van der Waals surface area contributed by atoms with E-state index in [4.69, 9.17) is 10.00 Å². The van der Waals surface area contributed by atoms with Crippen molar-refractivity contribution in [1.82, 2.24) is 0 Å². The number of ether oxygens (including phenoxy) is 1. The lowest BCUT2D eigenvalue weighted by Gasteiger charge is -2.39. The SMILES string of the molecule is Cc1ccccc1[C@@H]1C[C@H]1C(=O)OC1(CC#N)CCC1. The highest BCUT2D eigenvalue weighted by molar-refractivity contribution is 5.78. The molecule has 3 heteroatoms. The molecule has 1 aromatic rings. The normalized spacial score (nSPS) is 26.2. The van der Waals surface area contributed by atoms with Gasteiger partial charge in [0.25, 0.3) is 0 Å². The van der Waals surface area contributed by atoms with Crippen molar-refractivity contribution >= 4 is 5.97 Å². The fourth-order valence-electron chi connectivity index (χ4n) is 3.12. The minimum Gasteiger partial charge on any atom is -0.458 e. The summed E-state index contributed by atoms with van der Waals surface area (Å²) in [6.45, 7) is 2.08. The van der Waals surface area contributed by atoms with Crippen LogP contribution in [0.25, 0.3) is 0 Å². The summed E-state index contributed by atoms with van der Waals surface area (Å²) in [4.78, 5) is 12.3. The Morgan fingerprint density at radius 1 is 1.45 bits per heavy atom. The van der Waals surface area contributed by atoms with Crippen LogP contribution in [0.3, 0.4) is 0 Å². The zero-order valence-electron chi connectivity index (χ0n) is 11.8. The third-order valence-corrected chi connectivity index (χ3v) is 4.66. The average Bonchev–Trinajstić information content (AvgIpc) is 3.17. The van der Waals surface area contributed by atoms with Crippen LogP contribution >= 0.6 is 0 Å². The molecular formula is C17H19NO2. The summed E-state index contributed by atoms with van der Waals surface area (Å²) in [6, 6.07) is 10.4. The molecule has 2 saturated carbocycles. The van der Waals surface area contributed by atoms with Crippen LogP contribution in [0.1, 0.15) is 49.1 Å². The van der Waals surface area contributed by atoms with Crippen LogP contribution in [0.15, 0.2) is 24.3 Å². The predicted molar refractivity (Wildman–Crippen MR) is 74.9 cm³/mol. The summed E-state index contributed by atoms with van der Waals surface area (Å²) >= 11 is 0. The smallest absolute Gasteiger partial charge is 0.310 e. The van der Waals surface area contributed by atoms with Gasteiger partial charge in [-0.05, 0) is 49.7 Å². The fourth-order valence-corrected chi connectivity index (χ4v) is 3.12. The van der Waals surface area contributed by atoms with Gasteiger partial charge in [0.1, 0.15) is 5.60 Å². The highest BCUT2D eigenvalue weighted by Crippen LogP contribution is 2.50. The number of benzene rings is 1. The number of nitriles is 1. The monoisotopic (exact) mass is 269 g/mol. The van der Waals surface area contributed by atoms with Gasteiger partial charge >= 0.3 is 5.97 Å². The summed E-state index contributed by atoms with van der Waals surface area (Å²) in [5.41, 5.74) is 2.03. The first-order valence-electron chi connectivity index (χ1n) is 7.30. The number of nitrogens with zero attached hydrogens (tertiary/aromatic N) is 1. The average molecular weight is 269 g/mol. The molecule has 0 spiro atoms. The summed E-state index contributed by atoms with van der Waals surface area (Å²) in [5, 5.41) is 8.86. The Morgan fingerprint density at radius 3 is 2.80 bits per heavy atom. The van der Waals surface area contributed by atoms with Gasteiger partial charge in [0.2, 0.25) is 0 Å². The van der Waals surface area contributed by atoms with E-state index < -0.39 is 5.60 Å². The van der Waals surface area contributed by atoms with E-state index in [9.17, 15) is 4.79 Å². The Kier molecular flexibility index (Phi) is 3.25. The zero-order valence-corrected chi connectivity index (χ0v) is 11.8. The van der Waals surface area contributed by atoms with Crippen LogP contribution in [-0.4, -0.2) is 11.6 Å². The minimum atomic E-state index is -0.468. The second-order valence-corrected chi connectivity index (χ2v) is 6.10. The van der Waals surface area contributed by atoms with E-state index in [2.05, 4.69) is 25.1 Å². The lowest BCUT2D eigenvalue weighted by molar-refractivity contribution is -0.170. The first kappa shape index (κ1) is 13.2. The molecule has 0 unspecified atom stereocenters. The van der Waals surface area contributed by atoms with E-state index in [1.165, 1.54) is 11.1 Å². The van der Waals surface area contributed by atoms with Crippen LogP contribution < -0.4 is 0 Å².